The van der Waals surface area contributed by atoms with E-state index in [1.807, 2.05) is 0 Å². The molecular formula is C16H29N3S. The van der Waals surface area contributed by atoms with E-state index in [0.717, 1.165) is 19.0 Å². The SMILES string of the molecule is CC(C)(C)c1nc(N2CCC(C(C)(C)C)C2)sc1CN. The van der Waals surface area contributed by atoms with Crippen molar-refractivity contribution >= 4 is 16.5 Å². The molecule has 1 aromatic heterocycles. The van der Waals surface area contributed by atoms with Gasteiger partial charge in [-0.3, -0.25) is 0 Å². The fourth-order valence-corrected chi connectivity index (χ4v) is 4.02. The molecule has 4 heteroatoms. The Morgan fingerprint density at radius 2 is 1.90 bits per heavy atom. The molecule has 0 saturated carbocycles. The van der Waals surface area contributed by atoms with Crippen molar-refractivity contribution in [2.24, 2.45) is 17.1 Å². The lowest BCUT2D eigenvalue weighted by atomic mass is 9.80. The first-order chi connectivity index (χ1) is 9.13. The molecule has 0 spiro atoms. The van der Waals surface area contributed by atoms with E-state index in [9.17, 15) is 0 Å². The quantitative estimate of drug-likeness (QED) is 0.903. The Hall–Kier alpha value is -0.610. The van der Waals surface area contributed by atoms with Crippen molar-refractivity contribution in [1.82, 2.24) is 4.98 Å². The second kappa shape index (κ2) is 5.30. The highest BCUT2D eigenvalue weighted by atomic mass is 32.1. The van der Waals surface area contributed by atoms with E-state index in [1.54, 1.807) is 11.3 Å². The topological polar surface area (TPSA) is 42.2 Å². The van der Waals surface area contributed by atoms with Crippen molar-refractivity contribution in [1.29, 1.82) is 0 Å². The highest BCUT2D eigenvalue weighted by molar-refractivity contribution is 7.15. The van der Waals surface area contributed by atoms with Crippen LogP contribution in [0.25, 0.3) is 0 Å². The molecule has 1 unspecified atom stereocenters. The summed E-state index contributed by atoms with van der Waals surface area (Å²) in [5.41, 5.74) is 7.55. The normalized spacial score (nSPS) is 20.8. The number of rotatable bonds is 2. The zero-order chi connectivity index (χ0) is 15.1. The summed E-state index contributed by atoms with van der Waals surface area (Å²) >= 11 is 1.79. The van der Waals surface area contributed by atoms with Gasteiger partial charge < -0.3 is 10.6 Å². The van der Waals surface area contributed by atoms with Crippen molar-refractivity contribution in [2.45, 2.75) is 59.9 Å². The van der Waals surface area contributed by atoms with Gasteiger partial charge in [-0.1, -0.05) is 41.5 Å². The number of hydrogen-bond donors (Lipinski definition) is 1. The molecule has 114 valence electrons. The van der Waals surface area contributed by atoms with Gasteiger partial charge in [0.15, 0.2) is 5.13 Å². The molecule has 1 aromatic rings. The minimum absolute atomic E-state index is 0.0760. The van der Waals surface area contributed by atoms with Crippen LogP contribution in [0.3, 0.4) is 0 Å². The molecule has 1 fully saturated rings. The van der Waals surface area contributed by atoms with Crippen LogP contribution in [-0.2, 0) is 12.0 Å². The Morgan fingerprint density at radius 1 is 1.25 bits per heavy atom. The van der Waals surface area contributed by atoms with Crippen LogP contribution in [0.1, 0.15) is 58.5 Å². The van der Waals surface area contributed by atoms with Gasteiger partial charge in [0.2, 0.25) is 0 Å². The molecule has 0 radical (unpaired) electrons. The summed E-state index contributed by atoms with van der Waals surface area (Å²) in [6, 6.07) is 0. The van der Waals surface area contributed by atoms with Gasteiger partial charge in [0.05, 0.1) is 5.69 Å². The van der Waals surface area contributed by atoms with Gasteiger partial charge in [-0.15, -0.1) is 11.3 Å². The number of nitrogens with zero attached hydrogens (tertiary/aromatic N) is 2. The highest BCUT2D eigenvalue weighted by Crippen LogP contribution is 2.39. The van der Waals surface area contributed by atoms with Crippen LogP contribution in [0.15, 0.2) is 0 Å². The van der Waals surface area contributed by atoms with Gasteiger partial charge in [-0.25, -0.2) is 4.98 Å². The largest absolute Gasteiger partial charge is 0.348 e. The van der Waals surface area contributed by atoms with Crippen LogP contribution < -0.4 is 10.6 Å². The Labute approximate surface area is 127 Å². The maximum atomic E-state index is 5.91. The van der Waals surface area contributed by atoms with E-state index < -0.39 is 0 Å². The van der Waals surface area contributed by atoms with Crippen LogP contribution in [0, 0.1) is 11.3 Å². The first-order valence-electron chi connectivity index (χ1n) is 7.58. The molecule has 0 amide bonds. The third kappa shape index (κ3) is 3.17. The Kier molecular flexibility index (Phi) is 4.18. The van der Waals surface area contributed by atoms with Gasteiger partial charge in [-0.05, 0) is 17.8 Å². The molecule has 0 aliphatic carbocycles. The molecule has 2 N–H and O–H groups in total. The lowest BCUT2D eigenvalue weighted by Crippen LogP contribution is -2.25. The first kappa shape index (κ1) is 15.8. The fraction of sp³-hybridized carbons (Fsp3) is 0.812. The fourth-order valence-electron chi connectivity index (χ4n) is 2.84. The van der Waals surface area contributed by atoms with Crippen molar-refractivity contribution in [3.05, 3.63) is 10.6 Å². The molecular weight excluding hydrogens is 266 g/mol. The van der Waals surface area contributed by atoms with E-state index in [1.165, 1.54) is 22.1 Å². The van der Waals surface area contributed by atoms with Gasteiger partial charge in [0, 0.05) is 29.9 Å². The van der Waals surface area contributed by atoms with Gasteiger partial charge in [0.1, 0.15) is 0 Å². The summed E-state index contributed by atoms with van der Waals surface area (Å²) in [6.07, 6.45) is 1.27. The monoisotopic (exact) mass is 295 g/mol. The minimum Gasteiger partial charge on any atom is -0.348 e. The number of nitrogens with two attached hydrogens (primary N) is 1. The van der Waals surface area contributed by atoms with Crippen LogP contribution in [0.5, 0.6) is 0 Å². The third-order valence-electron chi connectivity index (χ3n) is 4.27. The summed E-state index contributed by atoms with van der Waals surface area (Å²) in [4.78, 5) is 8.61. The summed E-state index contributed by atoms with van der Waals surface area (Å²) < 4.78 is 0. The summed E-state index contributed by atoms with van der Waals surface area (Å²) in [5.74, 6) is 0.755. The molecule has 2 heterocycles. The smallest absolute Gasteiger partial charge is 0.185 e. The van der Waals surface area contributed by atoms with Crippen LogP contribution in [0.2, 0.25) is 0 Å². The lowest BCUT2D eigenvalue weighted by Gasteiger charge is -2.26. The van der Waals surface area contributed by atoms with Gasteiger partial charge in [-0.2, -0.15) is 0 Å². The van der Waals surface area contributed by atoms with Crippen molar-refractivity contribution in [3.8, 4) is 0 Å². The summed E-state index contributed by atoms with van der Waals surface area (Å²) in [5, 5.41) is 1.17. The number of thiazole rings is 1. The maximum Gasteiger partial charge on any atom is 0.185 e. The van der Waals surface area contributed by atoms with Crippen molar-refractivity contribution < 1.29 is 0 Å². The Balaban J connectivity index is 2.21. The number of hydrogen-bond acceptors (Lipinski definition) is 4. The van der Waals surface area contributed by atoms with E-state index in [0.29, 0.717) is 12.0 Å². The van der Waals surface area contributed by atoms with E-state index >= 15 is 0 Å². The highest BCUT2D eigenvalue weighted by Gasteiger charge is 2.34. The average molecular weight is 295 g/mol. The lowest BCUT2D eigenvalue weighted by molar-refractivity contribution is 0.263. The van der Waals surface area contributed by atoms with Gasteiger partial charge in [0.25, 0.3) is 0 Å². The first-order valence-corrected chi connectivity index (χ1v) is 8.39. The molecule has 20 heavy (non-hydrogen) atoms. The molecule has 1 atom stereocenters. The Bertz CT molecular complexity index is 465. The minimum atomic E-state index is 0.0760. The summed E-state index contributed by atoms with van der Waals surface area (Å²) in [7, 11) is 0. The van der Waals surface area contributed by atoms with Crippen molar-refractivity contribution in [2.75, 3.05) is 18.0 Å². The molecule has 1 aliphatic heterocycles. The van der Waals surface area contributed by atoms with E-state index in [2.05, 4.69) is 46.4 Å². The maximum absolute atomic E-state index is 5.91. The Morgan fingerprint density at radius 3 is 2.30 bits per heavy atom. The molecule has 2 rings (SSSR count). The van der Waals surface area contributed by atoms with E-state index in [4.69, 9.17) is 10.7 Å². The van der Waals surface area contributed by atoms with Crippen LogP contribution >= 0.6 is 11.3 Å². The molecule has 1 aliphatic rings. The zero-order valence-electron chi connectivity index (χ0n) is 13.8. The average Bonchev–Trinajstić information content (AvgIpc) is 2.93. The molecule has 0 bridgehead atoms. The second-order valence-corrected chi connectivity index (χ2v) is 9.08. The standard InChI is InChI=1S/C16H29N3S/c1-15(2,3)11-7-8-19(10-11)14-18-13(16(4,5)6)12(9-17)20-14/h11H,7-10,17H2,1-6H3. The van der Waals surface area contributed by atoms with Gasteiger partial charge >= 0.3 is 0 Å². The van der Waals surface area contributed by atoms with Crippen molar-refractivity contribution in [3.63, 3.8) is 0 Å². The molecule has 3 nitrogen and oxygen atoms in total. The molecule has 0 aromatic carbocycles. The number of anilines is 1. The van der Waals surface area contributed by atoms with E-state index in [-0.39, 0.29) is 5.41 Å². The van der Waals surface area contributed by atoms with Crippen LogP contribution in [0.4, 0.5) is 5.13 Å². The predicted molar refractivity (Wildman–Crippen MR) is 88.5 cm³/mol. The number of aromatic nitrogens is 1. The third-order valence-corrected chi connectivity index (χ3v) is 5.40. The van der Waals surface area contributed by atoms with Crippen LogP contribution in [-0.4, -0.2) is 18.1 Å². The zero-order valence-corrected chi connectivity index (χ0v) is 14.6. The molecule has 1 saturated heterocycles. The predicted octanol–water partition coefficient (Wildman–Crippen LogP) is 3.77. The summed E-state index contributed by atoms with van der Waals surface area (Å²) in [6.45, 7) is 16.5. The second-order valence-electron chi connectivity index (χ2n) is 8.02.